The van der Waals surface area contributed by atoms with Gasteiger partial charge in [-0.05, 0) is 54.7 Å². The van der Waals surface area contributed by atoms with E-state index >= 15 is 0 Å². The molecule has 2 atom stereocenters. The fourth-order valence-corrected chi connectivity index (χ4v) is 4.77. The molecule has 1 aliphatic rings. The van der Waals surface area contributed by atoms with Crippen molar-refractivity contribution in [2.45, 2.75) is 64.5 Å². The molecule has 37 heavy (non-hydrogen) atoms. The minimum Gasteiger partial charge on any atom is -0.484 e. The van der Waals surface area contributed by atoms with Crippen LogP contribution in [0.4, 0.5) is 8.78 Å². The van der Waals surface area contributed by atoms with Gasteiger partial charge in [-0.2, -0.15) is 0 Å². The topological polar surface area (TPSA) is 78.5 Å². The predicted molar refractivity (Wildman–Crippen MR) is 139 cm³/mol. The van der Waals surface area contributed by atoms with Gasteiger partial charge in [0.1, 0.15) is 17.5 Å². The highest BCUT2D eigenvalue weighted by atomic mass is 19.3. The van der Waals surface area contributed by atoms with Gasteiger partial charge in [-0.3, -0.25) is 9.69 Å². The van der Waals surface area contributed by atoms with E-state index in [4.69, 9.17) is 9.72 Å². The third-order valence-electron chi connectivity index (χ3n) is 6.56. The number of carboxylic acids is 1. The van der Waals surface area contributed by atoms with Gasteiger partial charge in [-0.1, -0.05) is 31.9 Å². The highest BCUT2D eigenvalue weighted by Gasteiger charge is 2.38. The lowest BCUT2D eigenvalue weighted by Crippen LogP contribution is -2.24. The number of pyridine rings is 1. The van der Waals surface area contributed by atoms with Gasteiger partial charge in [0.25, 0.3) is 5.92 Å². The average molecular weight is 510 g/mol. The summed E-state index contributed by atoms with van der Waals surface area (Å²) in [6.45, 7) is 6.57. The van der Waals surface area contributed by atoms with Crippen LogP contribution >= 0.6 is 0 Å². The fourth-order valence-electron chi connectivity index (χ4n) is 4.77. The number of ether oxygens (including phenoxy) is 1. The van der Waals surface area contributed by atoms with Gasteiger partial charge < -0.3 is 14.8 Å². The van der Waals surface area contributed by atoms with Gasteiger partial charge in [0.15, 0.2) is 0 Å². The summed E-state index contributed by atoms with van der Waals surface area (Å²) in [7, 11) is 0. The molecule has 2 N–H and O–H groups in total. The van der Waals surface area contributed by atoms with Crippen LogP contribution in [0.15, 0.2) is 42.6 Å². The molecular formula is C29H33F2N3O3. The molecule has 4 rings (SSSR count). The molecule has 196 valence electrons. The molecule has 8 heteroatoms. The van der Waals surface area contributed by atoms with Gasteiger partial charge >= 0.3 is 5.97 Å². The Morgan fingerprint density at radius 1 is 1.24 bits per heavy atom. The molecular weight excluding hydrogens is 476 g/mol. The monoisotopic (exact) mass is 509 g/mol. The lowest BCUT2D eigenvalue weighted by atomic mass is 9.96. The molecule has 0 bridgehead atoms. The summed E-state index contributed by atoms with van der Waals surface area (Å²) in [5.41, 5.74) is 3.28. The summed E-state index contributed by atoms with van der Waals surface area (Å²) in [6.07, 6.45) is 2.16. The van der Waals surface area contributed by atoms with Crippen molar-refractivity contribution in [1.29, 1.82) is 0 Å². The molecule has 3 aromatic rings. The highest BCUT2D eigenvalue weighted by Crippen LogP contribution is 2.32. The molecule has 0 saturated carbocycles. The fraction of sp³-hybridized carbons (Fsp3) is 0.448. The Labute approximate surface area is 216 Å². The van der Waals surface area contributed by atoms with Crippen LogP contribution in [0, 0.1) is 17.8 Å². The number of alkyl halides is 2. The number of nitrogens with one attached hydrogen (secondary N) is 1. The number of nitrogens with zero attached hydrogens (tertiary/aromatic N) is 2. The molecule has 1 aromatic carbocycles. The second-order valence-corrected chi connectivity index (χ2v) is 10.1. The van der Waals surface area contributed by atoms with Crippen molar-refractivity contribution >= 4 is 17.0 Å². The van der Waals surface area contributed by atoms with E-state index in [9.17, 15) is 18.7 Å². The molecule has 6 nitrogen and oxygen atoms in total. The van der Waals surface area contributed by atoms with Gasteiger partial charge in [0.2, 0.25) is 0 Å². The van der Waals surface area contributed by atoms with Crippen LogP contribution in [0.25, 0.3) is 11.0 Å². The SMILES string of the molecule is CC#CC(CC(=O)O)c1ccc(O[C@@H](CC(C)C)c2ccc3c(CN4CCC(F)(F)C4)c[nH]c3n2)cc1. The first kappa shape index (κ1) is 26.6. The smallest absolute Gasteiger partial charge is 0.304 e. The van der Waals surface area contributed by atoms with E-state index < -0.39 is 11.9 Å². The van der Waals surface area contributed by atoms with E-state index in [1.807, 2.05) is 42.6 Å². The number of halogens is 2. The number of benzene rings is 1. The third kappa shape index (κ3) is 6.86. The second-order valence-electron chi connectivity index (χ2n) is 10.1. The Balaban J connectivity index is 1.51. The minimum absolute atomic E-state index is 0.0563. The van der Waals surface area contributed by atoms with Crippen molar-refractivity contribution in [2.75, 3.05) is 13.1 Å². The molecule has 1 saturated heterocycles. The summed E-state index contributed by atoms with van der Waals surface area (Å²) < 4.78 is 33.6. The number of carboxylic acid groups (broad SMARTS) is 1. The normalized spacial score (nSPS) is 16.9. The lowest BCUT2D eigenvalue weighted by molar-refractivity contribution is -0.137. The van der Waals surface area contributed by atoms with Crippen molar-refractivity contribution < 1.29 is 23.4 Å². The summed E-state index contributed by atoms with van der Waals surface area (Å²) >= 11 is 0. The van der Waals surface area contributed by atoms with E-state index in [0.29, 0.717) is 30.4 Å². The quantitative estimate of drug-likeness (QED) is 0.321. The molecule has 1 aliphatic heterocycles. The van der Waals surface area contributed by atoms with Gasteiger partial charge in [-0.25, -0.2) is 13.8 Å². The molecule has 1 fully saturated rings. The number of hydrogen-bond acceptors (Lipinski definition) is 4. The van der Waals surface area contributed by atoms with E-state index in [1.165, 1.54) is 0 Å². The van der Waals surface area contributed by atoms with E-state index in [-0.39, 0.29) is 31.4 Å². The number of hydrogen-bond donors (Lipinski definition) is 2. The number of rotatable bonds is 10. The zero-order valence-corrected chi connectivity index (χ0v) is 21.4. The molecule has 1 unspecified atom stereocenters. The highest BCUT2D eigenvalue weighted by molar-refractivity contribution is 5.79. The molecule has 0 spiro atoms. The van der Waals surface area contributed by atoms with Crippen LogP contribution in [0.5, 0.6) is 5.75 Å². The Kier molecular flexibility index (Phi) is 8.13. The minimum atomic E-state index is -2.61. The summed E-state index contributed by atoms with van der Waals surface area (Å²) in [5, 5.41) is 10.1. The van der Waals surface area contributed by atoms with E-state index in [2.05, 4.69) is 30.7 Å². The second kappa shape index (κ2) is 11.3. The summed E-state index contributed by atoms with van der Waals surface area (Å²) in [6, 6.07) is 11.3. The lowest BCUT2D eigenvalue weighted by Gasteiger charge is -2.21. The average Bonchev–Trinajstić information content (AvgIpc) is 3.40. The predicted octanol–water partition coefficient (Wildman–Crippen LogP) is 6.15. The van der Waals surface area contributed by atoms with Crippen molar-refractivity contribution in [3.8, 4) is 17.6 Å². The number of aromatic amines is 1. The van der Waals surface area contributed by atoms with Crippen molar-refractivity contribution in [3.63, 3.8) is 0 Å². The molecule has 2 aromatic heterocycles. The van der Waals surface area contributed by atoms with Crippen LogP contribution in [-0.4, -0.2) is 45.0 Å². The van der Waals surface area contributed by atoms with Crippen LogP contribution in [0.3, 0.4) is 0 Å². The molecule has 0 aliphatic carbocycles. The standard InChI is InChI=1S/C29H33F2N3O3/c1-4-5-21(15-27(35)36)20-6-8-23(9-7-20)37-26(14-19(2)3)25-11-10-24-22(16-32-28(24)33-25)17-34-13-12-29(30,31)18-34/h6-11,16,19,21,26H,12-15,17-18H2,1-3H3,(H,32,33)(H,35,36)/t21?,26-/m0/s1. The number of aromatic nitrogens is 2. The molecule has 0 radical (unpaired) electrons. The maximum Gasteiger partial charge on any atom is 0.304 e. The first-order chi connectivity index (χ1) is 17.6. The molecule has 3 heterocycles. The first-order valence-electron chi connectivity index (χ1n) is 12.6. The number of carbonyl (C=O) groups is 1. The Hall–Kier alpha value is -3.44. The van der Waals surface area contributed by atoms with E-state index in [0.717, 1.165) is 28.6 Å². The largest absolute Gasteiger partial charge is 0.484 e. The summed E-state index contributed by atoms with van der Waals surface area (Å²) in [4.78, 5) is 21.0. The maximum atomic E-state index is 13.6. The number of fused-ring (bicyclic) bond motifs is 1. The first-order valence-corrected chi connectivity index (χ1v) is 12.6. The maximum absolute atomic E-state index is 13.6. The summed E-state index contributed by atoms with van der Waals surface area (Å²) in [5.74, 6) is 2.92. The van der Waals surface area contributed by atoms with Gasteiger partial charge in [0.05, 0.1) is 24.6 Å². The van der Waals surface area contributed by atoms with E-state index in [1.54, 1.807) is 11.8 Å². The van der Waals surface area contributed by atoms with Crippen molar-refractivity contribution in [2.24, 2.45) is 5.92 Å². The molecule has 0 amide bonds. The zero-order chi connectivity index (χ0) is 26.6. The van der Waals surface area contributed by atoms with Gasteiger partial charge in [0, 0.05) is 31.1 Å². The zero-order valence-electron chi connectivity index (χ0n) is 21.4. The van der Waals surface area contributed by atoms with Crippen LogP contribution in [-0.2, 0) is 11.3 Å². The van der Waals surface area contributed by atoms with Crippen LogP contribution < -0.4 is 4.74 Å². The number of aliphatic carboxylic acids is 1. The van der Waals surface area contributed by atoms with Crippen LogP contribution in [0.2, 0.25) is 0 Å². The Morgan fingerprint density at radius 3 is 2.62 bits per heavy atom. The number of H-pyrrole nitrogens is 1. The Morgan fingerprint density at radius 2 is 2.00 bits per heavy atom. The van der Waals surface area contributed by atoms with Gasteiger partial charge in [-0.15, -0.1) is 5.92 Å². The van der Waals surface area contributed by atoms with Crippen LogP contribution in [0.1, 0.15) is 68.9 Å². The Bertz CT molecular complexity index is 1290. The third-order valence-corrected chi connectivity index (χ3v) is 6.56. The van der Waals surface area contributed by atoms with Crippen molar-refractivity contribution in [3.05, 3.63) is 59.4 Å². The van der Waals surface area contributed by atoms with Crippen molar-refractivity contribution in [1.82, 2.24) is 14.9 Å². The number of likely N-dealkylation sites (tertiary alicyclic amines) is 1.